The molecule has 3 N–H and O–H groups in total. The number of rotatable bonds is 6. The summed E-state index contributed by atoms with van der Waals surface area (Å²) in [6.07, 6.45) is 0.346. The van der Waals surface area contributed by atoms with Crippen LogP contribution in [0.3, 0.4) is 0 Å². The highest BCUT2D eigenvalue weighted by molar-refractivity contribution is 5.86. The van der Waals surface area contributed by atoms with E-state index in [0.29, 0.717) is 6.42 Å². The summed E-state index contributed by atoms with van der Waals surface area (Å²) < 4.78 is 0. The van der Waals surface area contributed by atoms with Crippen LogP contribution in [0, 0.1) is 5.92 Å². The zero-order valence-corrected chi connectivity index (χ0v) is 11.2. The van der Waals surface area contributed by atoms with Crippen LogP contribution in [0.25, 0.3) is 0 Å². The normalized spacial score (nSPS) is 13.3. The Hall–Kier alpha value is -1.79. The van der Waals surface area contributed by atoms with Crippen LogP contribution in [0.5, 0.6) is 0 Å². The fourth-order valence-corrected chi connectivity index (χ4v) is 1.22. The summed E-state index contributed by atoms with van der Waals surface area (Å²) in [5.41, 5.74) is 0. The topological polar surface area (TPSA) is 98.7 Å². The first-order valence-electron chi connectivity index (χ1n) is 5.74. The molecule has 104 valence electrons. The second-order valence-electron chi connectivity index (χ2n) is 4.38. The van der Waals surface area contributed by atoms with Crippen molar-refractivity contribution in [2.75, 3.05) is 20.6 Å². The molecular formula is C11H21N3O4. The van der Waals surface area contributed by atoms with E-state index in [0.717, 1.165) is 0 Å². The van der Waals surface area contributed by atoms with Crippen molar-refractivity contribution in [1.82, 2.24) is 15.5 Å². The van der Waals surface area contributed by atoms with E-state index in [1.807, 2.05) is 0 Å². The average Bonchev–Trinajstić information content (AvgIpc) is 2.27. The van der Waals surface area contributed by atoms with Gasteiger partial charge in [-0.15, -0.1) is 0 Å². The van der Waals surface area contributed by atoms with E-state index < -0.39 is 24.0 Å². The van der Waals surface area contributed by atoms with Crippen molar-refractivity contribution in [3.63, 3.8) is 0 Å². The molecule has 0 fully saturated rings. The third-order valence-corrected chi connectivity index (χ3v) is 2.44. The first kappa shape index (κ1) is 16.2. The van der Waals surface area contributed by atoms with E-state index in [-0.39, 0.29) is 12.5 Å². The third kappa shape index (κ3) is 6.07. The number of aliphatic carboxylic acids is 1. The van der Waals surface area contributed by atoms with Gasteiger partial charge >= 0.3 is 12.0 Å². The number of likely N-dealkylation sites (N-methyl/N-ethyl adjacent to an activating group) is 1. The molecule has 7 nitrogen and oxygen atoms in total. The maximum Gasteiger partial charge on any atom is 0.315 e. The summed E-state index contributed by atoms with van der Waals surface area (Å²) in [5, 5.41) is 13.6. The summed E-state index contributed by atoms with van der Waals surface area (Å²) in [6, 6.07) is -1.09. The van der Waals surface area contributed by atoms with Gasteiger partial charge in [0.25, 0.3) is 0 Å². The summed E-state index contributed by atoms with van der Waals surface area (Å²) in [4.78, 5) is 34.8. The summed E-state index contributed by atoms with van der Waals surface area (Å²) >= 11 is 0. The Labute approximate surface area is 107 Å². The molecule has 2 unspecified atom stereocenters. The lowest BCUT2D eigenvalue weighted by molar-refractivity contribution is -0.141. The molecule has 0 aromatic heterocycles. The smallest absolute Gasteiger partial charge is 0.315 e. The van der Waals surface area contributed by atoms with Gasteiger partial charge in [-0.3, -0.25) is 9.59 Å². The summed E-state index contributed by atoms with van der Waals surface area (Å²) in [5.74, 6) is -1.61. The number of carboxylic acids is 1. The number of carbonyl (C=O) groups is 3. The Balaban J connectivity index is 3.91. The van der Waals surface area contributed by atoms with Gasteiger partial charge in [0.05, 0.1) is 5.92 Å². The van der Waals surface area contributed by atoms with Crippen molar-refractivity contribution in [2.24, 2.45) is 5.92 Å². The van der Waals surface area contributed by atoms with E-state index in [1.165, 1.54) is 4.90 Å². The van der Waals surface area contributed by atoms with E-state index in [4.69, 9.17) is 5.11 Å². The van der Waals surface area contributed by atoms with Gasteiger partial charge in [0.15, 0.2) is 0 Å². The first-order chi connectivity index (χ1) is 8.25. The van der Waals surface area contributed by atoms with Gasteiger partial charge in [0, 0.05) is 20.6 Å². The Morgan fingerprint density at radius 1 is 1.22 bits per heavy atom. The number of urea groups is 1. The number of nitrogens with zero attached hydrogens (tertiary/aromatic N) is 1. The summed E-state index contributed by atoms with van der Waals surface area (Å²) in [7, 11) is 3.21. The second kappa shape index (κ2) is 7.52. The van der Waals surface area contributed by atoms with Crippen molar-refractivity contribution < 1.29 is 19.5 Å². The molecule has 0 aromatic carbocycles. The minimum Gasteiger partial charge on any atom is -0.481 e. The van der Waals surface area contributed by atoms with Gasteiger partial charge in [-0.2, -0.15) is 0 Å². The zero-order chi connectivity index (χ0) is 14.3. The molecule has 0 rings (SSSR count). The molecular weight excluding hydrogens is 238 g/mol. The van der Waals surface area contributed by atoms with Crippen LogP contribution in [-0.2, 0) is 9.59 Å². The van der Waals surface area contributed by atoms with Crippen LogP contribution < -0.4 is 10.6 Å². The number of carbonyl (C=O) groups excluding carboxylic acids is 2. The molecule has 0 radical (unpaired) electrons. The van der Waals surface area contributed by atoms with Crippen LogP contribution in [0.4, 0.5) is 4.79 Å². The molecule has 0 aliphatic carbocycles. The number of amides is 3. The monoisotopic (exact) mass is 259 g/mol. The van der Waals surface area contributed by atoms with Gasteiger partial charge in [-0.1, -0.05) is 6.92 Å². The van der Waals surface area contributed by atoms with Gasteiger partial charge in [-0.05, 0) is 13.3 Å². The van der Waals surface area contributed by atoms with Crippen LogP contribution in [0.2, 0.25) is 0 Å². The van der Waals surface area contributed by atoms with E-state index >= 15 is 0 Å². The van der Waals surface area contributed by atoms with Gasteiger partial charge < -0.3 is 20.6 Å². The quantitative estimate of drug-likeness (QED) is 0.619. The van der Waals surface area contributed by atoms with Gasteiger partial charge in [0.2, 0.25) is 5.91 Å². The Morgan fingerprint density at radius 3 is 2.22 bits per heavy atom. The molecule has 0 aliphatic heterocycles. The zero-order valence-electron chi connectivity index (χ0n) is 11.2. The lowest BCUT2D eigenvalue weighted by atomic mass is 10.1. The number of carboxylic acid groups (broad SMARTS) is 1. The molecule has 0 spiro atoms. The minimum atomic E-state index is -0.895. The first-order valence-corrected chi connectivity index (χ1v) is 5.74. The van der Waals surface area contributed by atoms with Gasteiger partial charge in [0.1, 0.15) is 6.04 Å². The van der Waals surface area contributed by atoms with Crippen LogP contribution in [0.15, 0.2) is 0 Å². The maximum atomic E-state index is 11.5. The highest BCUT2D eigenvalue weighted by Gasteiger charge is 2.17. The molecule has 0 saturated carbocycles. The molecule has 0 aliphatic rings. The number of hydrogen-bond acceptors (Lipinski definition) is 3. The van der Waals surface area contributed by atoms with E-state index in [1.54, 1.807) is 27.9 Å². The standard InChI is InChI=1S/C11H21N3O4/c1-7(10(16)17)5-6-12-11(18)13-8(2)9(15)14(3)4/h7-8H,5-6H2,1-4H3,(H,16,17)(H2,12,13,18). The minimum absolute atomic E-state index is 0.205. The lowest BCUT2D eigenvalue weighted by Gasteiger charge is -2.18. The molecule has 0 saturated heterocycles. The predicted octanol–water partition coefficient (Wildman–Crippen LogP) is -0.127. The molecule has 2 atom stereocenters. The summed E-state index contributed by atoms with van der Waals surface area (Å²) in [6.45, 7) is 3.41. The Morgan fingerprint density at radius 2 is 1.78 bits per heavy atom. The highest BCUT2D eigenvalue weighted by atomic mass is 16.4. The molecule has 0 bridgehead atoms. The molecule has 0 aromatic rings. The van der Waals surface area contributed by atoms with Crippen LogP contribution in [0.1, 0.15) is 20.3 Å². The molecule has 3 amide bonds. The molecule has 18 heavy (non-hydrogen) atoms. The van der Waals surface area contributed by atoms with Crippen LogP contribution in [-0.4, -0.2) is 54.6 Å². The number of nitrogens with one attached hydrogen (secondary N) is 2. The van der Waals surface area contributed by atoms with Gasteiger partial charge in [-0.25, -0.2) is 4.79 Å². The predicted molar refractivity (Wildman–Crippen MR) is 66.1 cm³/mol. The number of hydrogen-bond donors (Lipinski definition) is 3. The van der Waals surface area contributed by atoms with Crippen molar-refractivity contribution in [3.05, 3.63) is 0 Å². The van der Waals surface area contributed by atoms with E-state index in [2.05, 4.69) is 10.6 Å². The third-order valence-electron chi connectivity index (χ3n) is 2.44. The molecule has 0 heterocycles. The largest absolute Gasteiger partial charge is 0.481 e. The Bertz CT molecular complexity index is 317. The van der Waals surface area contributed by atoms with Crippen molar-refractivity contribution in [3.8, 4) is 0 Å². The second-order valence-corrected chi connectivity index (χ2v) is 4.38. The SMILES string of the molecule is CC(CCNC(=O)NC(C)C(=O)N(C)C)C(=O)O. The maximum absolute atomic E-state index is 11.5. The van der Waals surface area contributed by atoms with Crippen molar-refractivity contribution in [2.45, 2.75) is 26.3 Å². The lowest BCUT2D eigenvalue weighted by Crippen LogP contribution is -2.48. The molecule has 7 heteroatoms. The van der Waals surface area contributed by atoms with E-state index in [9.17, 15) is 14.4 Å². The van der Waals surface area contributed by atoms with Crippen LogP contribution >= 0.6 is 0 Å². The van der Waals surface area contributed by atoms with Crippen molar-refractivity contribution >= 4 is 17.9 Å². The highest BCUT2D eigenvalue weighted by Crippen LogP contribution is 1.99. The fourth-order valence-electron chi connectivity index (χ4n) is 1.22. The fraction of sp³-hybridized carbons (Fsp3) is 0.727. The average molecular weight is 259 g/mol. The Kier molecular flexibility index (Phi) is 6.77. The van der Waals surface area contributed by atoms with Crippen molar-refractivity contribution in [1.29, 1.82) is 0 Å².